The molecular formula is C14H14F2N4. The molecule has 0 aliphatic rings. The maximum Gasteiger partial charge on any atom is 0.229 e. The Bertz CT molecular complexity index is 608. The van der Waals surface area contributed by atoms with Crippen molar-refractivity contribution in [2.24, 2.45) is 0 Å². The van der Waals surface area contributed by atoms with Gasteiger partial charge in [0.15, 0.2) is 0 Å². The molecule has 4 nitrogen and oxygen atoms in total. The van der Waals surface area contributed by atoms with Crippen LogP contribution in [0, 0.1) is 18.6 Å². The lowest BCUT2D eigenvalue weighted by atomic mass is 10.3. The lowest BCUT2D eigenvalue weighted by Crippen LogP contribution is -2.06. The highest BCUT2D eigenvalue weighted by Crippen LogP contribution is 2.22. The van der Waals surface area contributed by atoms with E-state index in [1.165, 1.54) is 6.07 Å². The quantitative estimate of drug-likeness (QED) is 0.822. The Morgan fingerprint density at radius 3 is 2.60 bits per heavy atom. The highest BCUT2D eigenvalue weighted by Gasteiger charge is 2.10. The van der Waals surface area contributed by atoms with Crippen LogP contribution in [0.2, 0.25) is 0 Å². The summed E-state index contributed by atoms with van der Waals surface area (Å²) in [6, 6.07) is 5.35. The summed E-state index contributed by atoms with van der Waals surface area (Å²) in [5.41, 5.74) is 0.401. The largest absolute Gasteiger partial charge is 0.366 e. The number of halogens is 2. The molecule has 0 aliphatic heterocycles. The van der Waals surface area contributed by atoms with E-state index in [9.17, 15) is 8.78 Å². The first kappa shape index (κ1) is 13.9. The number of benzene rings is 1. The molecule has 0 saturated carbocycles. The maximum absolute atomic E-state index is 13.6. The summed E-state index contributed by atoms with van der Waals surface area (Å²) in [6.45, 7) is 5.89. The standard InChI is InChI=1S/C14H14F2N4/c1-3-7-17-12-8-9(2)18-14(19-12)20-13-10(15)5-4-6-11(13)16/h3-6,8H,1,7H2,2H3,(H2,17,18,19,20). The molecule has 1 aromatic carbocycles. The van der Waals surface area contributed by atoms with Gasteiger partial charge in [-0.1, -0.05) is 12.1 Å². The van der Waals surface area contributed by atoms with E-state index in [0.29, 0.717) is 18.1 Å². The van der Waals surface area contributed by atoms with Crippen molar-refractivity contribution in [2.75, 3.05) is 17.2 Å². The molecular weight excluding hydrogens is 262 g/mol. The van der Waals surface area contributed by atoms with Gasteiger partial charge in [0.25, 0.3) is 0 Å². The van der Waals surface area contributed by atoms with Crippen LogP contribution in [-0.4, -0.2) is 16.5 Å². The number of nitrogens with zero attached hydrogens (tertiary/aromatic N) is 2. The fourth-order valence-corrected chi connectivity index (χ4v) is 1.62. The van der Waals surface area contributed by atoms with Crippen molar-refractivity contribution in [1.29, 1.82) is 0 Å². The third-order valence-corrected chi connectivity index (χ3v) is 2.48. The van der Waals surface area contributed by atoms with Gasteiger partial charge in [-0.25, -0.2) is 13.8 Å². The molecule has 2 aromatic rings. The molecule has 2 N–H and O–H groups in total. The molecule has 0 atom stereocenters. The normalized spacial score (nSPS) is 10.2. The highest BCUT2D eigenvalue weighted by molar-refractivity contribution is 5.56. The van der Waals surface area contributed by atoms with Crippen molar-refractivity contribution in [2.45, 2.75) is 6.92 Å². The molecule has 0 amide bonds. The van der Waals surface area contributed by atoms with Gasteiger partial charge in [0.05, 0.1) is 0 Å². The van der Waals surface area contributed by atoms with Gasteiger partial charge in [-0.05, 0) is 19.1 Å². The van der Waals surface area contributed by atoms with Gasteiger partial charge in [0.1, 0.15) is 23.1 Å². The summed E-state index contributed by atoms with van der Waals surface area (Å²) < 4.78 is 27.1. The smallest absolute Gasteiger partial charge is 0.229 e. The van der Waals surface area contributed by atoms with Crippen LogP contribution in [0.5, 0.6) is 0 Å². The molecule has 6 heteroatoms. The molecule has 0 radical (unpaired) electrons. The van der Waals surface area contributed by atoms with Gasteiger partial charge in [0, 0.05) is 18.3 Å². The second-order valence-corrected chi connectivity index (χ2v) is 4.11. The topological polar surface area (TPSA) is 49.8 Å². The molecule has 0 fully saturated rings. The van der Waals surface area contributed by atoms with E-state index < -0.39 is 11.6 Å². The number of anilines is 3. The minimum Gasteiger partial charge on any atom is -0.366 e. The Hall–Kier alpha value is -2.50. The average Bonchev–Trinajstić information content (AvgIpc) is 2.40. The Kier molecular flexibility index (Phi) is 4.24. The van der Waals surface area contributed by atoms with Crippen molar-refractivity contribution in [3.8, 4) is 0 Å². The average molecular weight is 276 g/mol. The van der Waals surface area contributed by atoms with E-state index >= 15 is 0 Å². The van der Waals surface area contributed by atoms with Crippen LogP contribution < -0.4 is 10.6 Å². The Balaban J connectivity index is 2.29. The fraction of sp³-hybridized carbons (Fsp3) is 0.143. The zero-order valence-corrected chi connectivity index (χ0v) is 11.0. The van der Waals surface area contributed by atoms with Crippen molar-refractivity contribution < 1.29 is 8.78 Å². The van der Waals surface area contributed by atoms with Gasteiger partial charge in [-0.3, -0.25) is 0 Å². The monoisotopic (exact) mass is 276 g/mol. The molecule has 1 aromatic heterocycles. The van der Waals surface area contributed by atoms with Crippen LogP contribution in [0.15, 0.2) is 36.9 Å². The number of hydrogen-bond acceptors (Lipinski definition) is 4. The van der Waals surface area contributed by atoms with E-state index in [4.69, 9.17) is 0 Å². The molecule has 20 heavy (non-hydrogen) atoms. The first-order valence-corrected chi connectivity index (χ1v) is 6.01. The van der Waals surface area contributed by atoms with Crippen LogP contribution in [0.1, 0.15) is 5.69 Å². The number of para-hydroxylation sites is 1. The van der Waals surface area contributed by atoms with Crippen LogP contribution in [0.3, 0.4) is 0 Å². The van der Waals surface area contributed by atoms with Gasteiger partial charge in [-0.2, -0.15) is 4.98 Å². The maximum atomic E-state index is 13.6. The Morgan fingerprint density at radius 1 is 1.25 bits per heavy atom. The molecule has 0 aliphatic carbocycles. The summed E-state index contributed by atoms with van der Waals surface area (Å²) in [6.07, 6.45) is 1.68. The number of nitrogens with one attached hydrogen (secondary N) is 2. The summed E-state index contributed by atoms with van der Waals surface area (Å²) in [5, 5.41) is 5.55. The SMILES string of the molecule is C=CCNc1cc(C)nc(Nc2c(F)cccc2F)n1. The van der Waals surface area contributed by atoms with Crippen LogP contribution >= 0.6 is 0 Å². The van der Waals surface area contributed by atoms with Crippen molar-refractivity contribution >= 4 is 17.5 Å². The number of aryl methyl sites for hydroxylation is 1. The van der Waals surface area contributed by atoms with E-state index in [1.807, 2.05) is 0 Å². The van der Waals surface area contributed by atoms with E-state index in [2.05, 4.69) is 27.2 Å². The van der Waals surface area contributed by atoms with Crippen molar-refractivity contribution in [3.63, 3.8) is 0 Å². The zero-order chi connectivity index (χ0) is 14.5. The molecule has 0 unspecified atom stereocenters. The predicted molar refractivity (Wildman–Crippen MR) is 75.1 cm³/mol. The first-order valence-electron chi connectivity index (χ1n) is 6.01. The minimum absolute atomic E-state index is 0.126. The number of hydrogen-bond donors (Lipinski definition) is 2. The van der Waals surface area contributed by atoms with E-state index in [1.54, 1.807) is 19.1 Å². The van der Waals surface area contributed by atoms with Crippen molar-refractivity contribution in [3.05, 3.63) is 54.2 Å². The lowest BCUT2D eigenvalue weighted by molar-refractivity contribution is 0.590. The fourth-order valence-electron chi connectivity index (χ4n) is 1.62. The second-order valence-electron chi connectivity index (χ2n) is 4.11. The minimum atomic E-state index is -0.698. The van der Waals surface area contributed by atoms with Gasteiger partial charge in [0.2, 0.25) is 5.95 Å². The van der Waals surface area contributed by atoms with Crippen LogP contribution in [0.25, 0.3) is 0 Å². The van der Waals surface area contributed by atoms with Crippen LogP contribution in [0.4, 0.5) is 26.2 Å². The predicted octanol–water partition coefficient (Wildman–Crippen LogP) is 3.40. The summed E-state index contributed by atoms with van der Waals surface area (Å²) in [4.78, 5) is 8.23. The molecule has 104 valence electrons. The zero-order valence-electron chi connectivity index (χ0n) is 11.0. The second kappa shape index (κ2) is 6.10. The molecule has 0 bridgehead atoms. The summed E-state index contributed by atoms with van der Waals surface area (Å²) >= 11 is 0. The van der Waals surface area contributed by atoms with Gasteiger partial charge in [-0.15, -0.1) is 6.58 Å². The van der Waals surface area contributed by atoms with Crippen LogP contribution in [-0.2, 0) is 0 Å². The van der Waals surface area contributed by atoms with Gasteiger partial charge >= 0.3 is 0 Å². The molecule has 0 spiro atoms. The molecule has 1 heterocycles. The number of aromatic nitrogens is 2. The van der Waals surface area contributed by atoms with Gasteiger partial charge < -0.3 is 10.6 Å². The molecule has 2 rings (SSSR count). The molecule has 0 saturated heterocycles. The third kappa shape index (κ3) is 3.28. The Morgan fingerprint density at radius 2 is 1.95 bits per heavy atom. The summed E-state index contributed by atoms with van der Waals surface area (Å²) in [5.74, 6) is -0.719. The summed E-state index contributed by atoms with van der Waals surface area (Å²) in [7, 11) is 0. The highest BCUT2D eigenvalue weighted by atomic mass is 19.1. The van der Waals surface area contributed by atoms with Crippen molar-refractivity contribution in [1.82, 2.24) is 9.97 Å². The van der Waals surface area contributed by atoms with E-state index in [-0.39, 0.29) is 11.6 Å². The lowest BCUT2D eigenvalue weighted by Gasteiger charge is -2.10. The van der Waals surface area contributed by atoms with E-state index in [0.717, 1.165) is 12.1 Å². The Labute approximate surface area is 115 Å². The number of rotatable bonds is 5. The third-order valence-electron chi connectivity index (χ3n) is 2.48. The first-order chi connectivity index (χ1) is 9.60.